The number of hydrogen-bond donors (Lipinski definition) is 1. The first-order valence-corrected chi connectivity index (χ1v) is 7.42. The number of halogens is 1. The van der Waals surface area contributed by atoms with E-state index in [9.17, 15) is 9.50 Å². The Hall–Kier alpha value is -2.14. The zero-order valence-corrected chi connectivity index (χ0v) is 12.6. The number of alkyl halides is 1. The van der Waals surface area contributed by atoms with Crippen molar-refractivity contribution < 1.29 is 9.50 Å². The minimum absolute atomic E-state index is 0.137. The Kier molecular flexibility index (Phi) is 4.24. The third kappa shape index (κ3) is 3.04. The number of aliphatic imine (C=N–C) groups is 1. The Balaban J connectivity index is 1.69. The first kappa shape index (κ1) is 14.8. The third-order valence-electron chi connectivity index (χ3n) is 3.96. The molecular weight excluding hydrogens is 281 g/mol. The van der Waals surface area contributed by atoms with Gasteiger partial charge in [-0.05, 0) is 29.8 Å². The molecule has 116 valence electrons. The Labute approximate surface area is 129 Å². The second-order valence-electron chi connectivity index (χ2n) is 5.64. The summed E-state index contributed by atoms with van der Waals surface area (Å²) in [5.74, 6) is 1.000. The van der Waals surface area contributed by atoms with Gasteiger partial charge in [0.2, 0.25) is 0 Å². The lowest BCUT2D eigenvalue weighted by atomic mass is 10.1. The lowest BCUT2D eigenvalue weighted by Gasteiger charge is -2.22. The van der Waals surface area contributed by atoms with Gasteiger partial charge in [-0.3, -0.25) is 4.99 Å². The van der Waals surface area contributed by atoms with Gasteiger partial charge in [-0.25, -0.2) is 4.39 Å². The molecule has 2 atom stereocenters. The normalized spacial score (nSPS) is 20.8. The van der Waals surface area contributed by atoms with Gasteiger partial charge in [-0.2, -0.15) is 0 Å². The summed E-state index contributed by atoms with van der Waals surface area (Å²) in [6.45, 7) is 0.412. The molecule has 2 aliphatic rings. The minimum atomic E-state index is -0.944. The Morgan fingerprint density at radius 1 is 1.36 bits per heavy atom. The number of amidine groups is 1. The summed E-state index contributed by atoms with van der Waals surface area (Å²) >= 11 is 0. The van der Waals surface area contributed by atoms with Crippen LogP contribution in [0.3, 0.4) is 0 Å². The fourth-order valence-corrected chi connectivity index (χ4v) is 2.73. The molecule has 1 aromatic carbocycles. The van der Waals surface area contributed by atoms with Crippen LogP contribution in [0.1, 0.15) is 11.6 Å². The average molecular weight is 301 g/mol. The highest BCUT2D eigenvalue weighted by atomic mass is 19.1. The Morgan fingerprint density at radius 2 is 2.14 bits per heavy atom. The maximum Gasteiger partial charge on any atom is 0.128 e. The number of aliphatic hydroxyl groups excluding tert-OH is 1. The molecule has 4 nitrogen and oxygen atoms in total. The monoisotopic (exact) mass is 301 g/mol. The van der Waals surface area contributed by atoms with Crippen LogP contribution in [0.5, 0.6) is 0 Å². The molecular formula is C17H20FN3O. The summed E-state index contributed by atoms with van der Waals surface area (Å²) in [4.78, 5) is 8.71. The van der Waals surface area contributed by atoms with E-state index >= 15 is 0 Å². The van der Waals surface area contributed by atoms with Crippen LogP contribution >= 0.6 is 0 Å². The second-order valence-corrected chi connectivity index (χ2v) is 5.64. The van der Waals surface area contributed by atoms with Crippen LogP contribution in [0.4, 0.5) is 10.1 Å². The molecule has 0 amide bonds. The summed E-state index contributed by atoms with van der Waals surface area (Å²) in [6.07, 6.45) is 7.11. The van der Waals surface area contributed by atoms with E-state index in [4.69, 9.17) is 4.99 Å². The molecule has 0 fully saturated rings. The Bertz CT molecular complexity index is 609. The molecule has 1 aromatic rings. The highest BCUT2D eigenvalue weighted by molar-refractivity contribution is 5.96. The van der Waals surface area contributed by atoms with Gasteiger partial charge in [0.1, 0.15) is 12.5 Å². The van der Waals surface area contributed by atoms with Crippen molar-refractivity contribution in [3.05, 3.63) is 54.3 Å². The van der Waals surface area contributed by atoms with Crippen molar-refractivity contribution in [2.24, 2.45) is 4.99 Å². The van der Waals surface area contributed by atoms with Crippen LogP contribution < -0.4 is 4.90 Å². The van der Waals surface area contributed by atoms with Crippen LogP contribution in [0.25, 0.3) is 0 Å². The molecule has 0 saturated carbocycles. The number of rotatable bonds is 5. The van der Waals surface area contributed by atoms with Crippen LogP contribution in [-0.4, -0.2) is 48.8 Å². The van der Waals surface area contributed by atoms with Gasteiger partial charge in [-0.1, -0.05) is 18.2 Å². The van der Waals surface area contributed by atoms with Gasteiger partial charge in [0, 0.05) is 25.5 Å². The summed E-state index contributed by atoms with van der Waals surface area (Å²) in [6, 6.07) is 8.22. The zero-order valence-electron chi connectivity index (χ0n) is 12.6. The van der Waals surface area contributed by atoms with Crippen molar-refractivity contribution in [2.45, 2.75) is 12.1 Å². The quantitative estimate of drug-likeness (QED) is 0.907. The maximum absolute atomic E-state index is 12.4. The topological polar surface area (TPSA) is 39.1 Å². The molecule has 2 unspecified atom stereocenters. The van der Waals surface area contributed by atoms with Gasteiger partial charge < -0.3 is 14.9 Å². The minimum Gasteiger partial charge on any atom is -0.389 e. The molecule has 0 saturated heterocycles. The van der Waals surface area contributed by atoms with Crippen molar-refractivity contribution in [2.75, 3.05) is 31.7 Å². The SMILES string of the molecule is CN(CC(O)CF)c1ccc(C2CN3C=CC=CC3=N2)cc1. The lowest BCUT2D eigenvalue weighted by Crippen LogP contribution is -2.30. The van der Waals surface area contributed by atoms with Crippen molar-refractivity contribution >= 4 is 11.5 Å². The van der Waals surface area contributed by atoms with Crippen LogP contribution in [0.15, 0.2) is 53.7 Å². The number of allylic oxidation sites excluding steroid dienone is 2. The lowest BCUT2D eigenvalue weighted by molar-refractivity contribution is 0.146. The largest absolute Gasteiger partial charge is 0.389 e. The van der Waals surface area contributed by atoms with Crippen molar-refractivity contribution in [1.82, 2.24) is 4.90 Å². The van der Waals surface area contributed by atoms with E-state index in [1.165, 1.54) is 0 Å². The predicted octanol–water partition coefficient (Wildman–Crippen LogP) is 2.29. The number of anilines is 1. The van der Waals surface area contributed by atoms with Crippen molar-refractivity contribution in [1.29, 1.82) is 0 Å². The average Bonchev–Trinajstić information content (AvgIpc) is 2.98. The second kappa shape index (κ2) is 6.32. The van der Waals surface area contributed by atoms with E-state index in [2.05, 4.69) is 4.90 Å². The standard InChI is InChI=1S/C17H20FN3O/c1-20(11-15(22)10-18)14-7-5-13(6-8-14)16-12-21-9-3-2-4-17(21)19-16/h2-9,15-16,22H,10-12H2,1H3. The number of hydrogen-bond acceptors (Lipinski definition) is 4. The molecule has 2 aliphatic heterocycles. The summed E-state index contributed by atoms with van der Waals surface area (Å²) in [5.41, 5.74) is 2.12. The summed E-state index contributed by atoms with van der Waals surface area (Å²) in [5, 5.41) is 9.38. The molecule has 22 heavy (non-hydrogen) atoms. The molecule has 2 heterocycles. The highest BCUT2D eigenvalue weighted by Gasteiger charge is 2.24. The summed E-state index contributed by atoms with van der Waals surface area (Å²) < 4.78 is 12.4. The van der Waals surface area contributed by atoms with E-state index in [1.54, 1.807) is 0 Å². The van der Waals surface area contributed by atoms with Crippen LogP contribution in [0.2, 0.25) is 0 Å². The number of nitrogens with zero attached hydrogens (tertiary/aromatic N) is 3. The van der Waals surface area contributed by atoms with E-state index in [-0.39, 0.29) is 12.6 Å². The summed E-state index contributed by atoms with van der Waals surface area (Å²) in [7, 11) is 1.85. The predicted molar refractivity (Wildman–Crippen MR) is 86.9 cm³/mol. The number of fused-ring (bicyclic) bond motifs is 1. The zero-order chi connectivity index (χ0) is 15.5. The van der Waals surface area contributed by atoms with Crippen molar-refractivity contribution in [3.8, 4) is 0 Å². The Morgan fingerprint density at radius 3 is 2.82 bits per heavy atom. The first-order chi connectivity index (χ1) is 10.7. The van der Waals surface area contributed by atoms with E-state index in [0.29, 0.717) is 0 Å². The van der Waals surface area contributed by atoms with E-state index in [1.807, 2.05) is 60.6 Å². The number of likely N-dealkylation sites (N-methyl/N-ethyl adjacent to an activating group) is 1. The molecule has 0 spiro atoms. The smallest absolute Gasteiger partial charge is 0.128 e. The molecule has 0 radical (unpaired) electrons. The van der Waals surface area contributed by atoms with E-state index in [0.717, 1.165) is 23.6 Å². The highest BCUT2D eigenvalue weighted by Crippen LogP contribution is 2.28. The molecule has 5 heteroatoms. The molecule has 0 bridgehead atoms. The molecule has 3 rings (SSSR count). The molecule has 1 N–H and O–H groups in total. The fourth-order valence-electron chi connectivity index (χ4n) is 2.73. The van der Waals surface area contributed by atoms with Gasteiger partial charge in [0.25, 0.3) is 0 Å². The number of aliphatic hydroxyl groups is 1. The van der Waals surface area contributed by atoms with E-state index < -0.39 is 12.8 Å². The fraction of sp³-hybridized carbons (Fsp3) is 0.353. The maximum atomic E-state index is 12.4. The molecule has 0 aliphatic carbocycles. The molecule has 0 aromatic heterocycles. The van der Waals surface area contributed by atoms with Crippen molar-refractivity contribution in [3.63, 3.8) is 0 Å². The van der Waals surface area contributed by atoms with Gasteiger partial charge in [0.15, 0.2) is 0 Å². The van der Waals surface area contributed by atoms with Crippen LogP contribution in [-0.2, 0) is 0 Å². The van der Waals surface area contributed by atoms with Gasteiger partial charge in [-0.15, -0.1) is 0 Å². The van der Waals surface area contributed by atoms with Gasteiger partial charge >= 0.3 is 0 Å². The first-order valence-electron chi connectivity index (χ1n) is 7.42. The van der Waals surface area contributed by atoms with Crippen LogP contribution in [0, 0.1) is 0 Å². The third-order valence-corrected chi connectivity index (χ3v) is 3.96. The number of benzene rings is 1. The van der Waals surface area contributed by atoms with Gasteiger partial charge in [0.05, 0.1) is 18.7 Å².